The lowest BCUT2D eigenvalue weighted by atomic mass is 9.80. The summed E-state index contributed by atoms with van der Waals surface area (Å²) in [5.41, 5.74) is 9.42. The molecule has 2 aliphatic rings. The summed E-state index contributed by atoms with van der Waals surface area (Å²) < 4.78 is 16.7. The van der Waals surface area contributed by atoms with Crippen molar-refractivity contribution in [2.24, 2.45) is 11.4 Å². The minimum atomic E-state index is -3.02. The Morgan fingerprint density at radius 1 is 0.758 bits per heavy atom. The molecule has 6 rings (SSSR count). The van der Waals surface area contributed by atoms with Crippen LogP contribution in [-0.4, -0.2) is 16.4 Å². The molecule has 0 spiro atoms. The SMILES string of the molecule is NP1(=O)C(Cc2cccc3ccccc23)[C@H]2CCCC[C@@H]2N1Cc1cccc2ccccc12. The van der Waals surface area contributed by atoms with Crippen LogP contribution >= 0.6 is 7.44 Å². The molecule has 1 aliphatic carbocycles. The largest absolute Gasteiger partial charge is 0.289 e. The first-order chi connectivity index (χ1) is 16.1. The molecule has 4 heteroatoms. The van der Waals surface area contributed by atoms with Gasteiger partial charge in [0.25, 0.3) is 0 Å². The van der Waals surface area contributed by atoms with Crippen LogP contribution in [0.5, 0.6) is 0 Å². The number of hydrogen-bond donors (Lipinski definition) is 1. The second-order valence-corrected chi connectivity index (χ2v) is 12.4. The summed E-state index contributed by atoms with van der Waals surface area (Å²) in [5.74, 6) is 0.406. The first-order valence-electron chi connectivity index (χ1n) is 12.2. The van der Waals surface area contributed by atoms with Crippen molar-refractivity contribution in [3.8, 4) is 0 Å². The van der Waals surface area contributed by atoms with Crippen LogP contribution in [0.25, 0.3) is 21.5 Å². The Morgan fingerprint density at radius 3 is 2.06 bits per heavy atom. The third-order valence-electron chi connectivity index (χ3n) is 8.06. The lowest BCUT2D eigenvalue weighted by Crippen LogP contribution is -2.34. The van der Waals surface area contributed by atoms with Crippen LogP contribution < -0.4 is 5.50 Å². The zero-order valence-corrected chi connectivity index (χ0v) is 19.8. The summed E-state index contributed by atoms with van der Waals surface area (Å²) in [4.78, 5) is 0. The molecule has 2 fully saturated rings. The fourth-order valence-electron chi connectivity index (χ4n) is 6.47. The maximum atomic E-state index is 14.4. The van der Waals surface area contributed by atoms with E-state index in [1.807, 2.05) is 0 Å². The molecule has 1 saturated heterocycles. The predicted molar refractivity (Wildman–Crippen MR) is 138 cm³/mol. The van der Waals surface area contributed by atoms with E-state index in [2.05, 4.69) is 89.6 Å². The molecular weight excluding hydrogens is 423 g/mol. The molecule has 1 heterocycles. The first-order valence-corrected chi connectivity index (χ1v) is 14.0. The average molecular weight is 455 g/mol. The van der Waals surface area contributed by atoms with Crippen molar-refractivity contribution in [3.05, 3.63) is 96.1 Å². The van der Waals surface area contributed by atoms with Gasteiger partial charge in [-0.05, 0) is 57.9 Å². The summed E-state index contributed by atoms with van der Waals surface area (Å²) in [6.07, 6.45) is 5.45. The third-order valence-corrected chi connectivity index (χ3v) is 10.8. The van der Waals surface area contributed by atoms with Crippen LogP contribution in [-0.2, 0) is 17.5 Å². The van der Waals surface area contributed by atoms with Crippen LogP contribution in [0.2, 0.25) is 0 Å². The van der Waals surface area contributed by atoms with Gasteiger partial charge in [0.1, 0.15) is 0 Å². The highest BCUT2D eigenvalue weighted by Crippen LogP contribution is 2.63. The molecule has 3 nitrogen and oxygen atoms in total. The Labute approximate surface area is 196 Å². The van der Waals surface area contributed by atoms with Gasteiger partial charge in [0, 0.05) is 18.2 Å². The minimum absolute atomic E-state index is 0.0172. The Kier molecular flexibility index (Phi) is 5.37. The number of benzene rings is 4. The van der Waals surface area contributed by atoms with Gasteiger partial charge in [-0.2, -0.15) is 0 Å². The van der Waals surface area contributed by atoms with Gasteiger partial charge >= 0.3 is 0 Å². The normalized spacial score (nSPS) is 27.7. The first kappa shape index (κ1) is 21.1. The van der Waals surface area contributed by atoms with Gasteiger partial charge in [-0.1, -0.05) is 97.8 Å². The molecule has 1 saturated carbocycles. The van der Waals surface area contributed by atoms with Crippen molar-refractivity contribution in [2.75, 3.05) is 0 Å². The van der Waals surface area contributed by atoms with Crippen LogP contribution in [0.3, 0.4) is 0 Å². The van der Waals surface area contributed by atoms with Crippen molar-refractivity contribution in [2.45, 2.75) is 50.3 Å². The van der Waals surface area contributed by atoms with Crippen molar-refractivity contribution >= 4 is 29.0 Å². The monoisotopic (exact) mass is 454 g/mol. The fraction of sp³-hybridized carbons (Fsp3) is 0.310. The van der Waals surface area contributed by atoms with Gasteiger partial charge in [-0.3, -0.25) is 10.1 Å². The van der Waals surface area contributed by atoms with Gasteiger partial charge in [0.2, 0.25) is 7.44 Å². The third kappa shape index (κ3) is 3.64. The van der Waals surface area contributed by atoms with E-state index in [9.17, 15) is 4.57 Å². The highest BCUT2D eigenvalue weighted by molar-refractivity contribution is 7.60. The Balaban J connectivity index is 1.38. The average Bonchev–Trinajstić information content (AvgIpc) is 3.06. The fourth-order valence-corrected chi connectivity index (χ4v) is 9.33. The highest BCUT2D eigenvalue weighted by atomic mass is 31.2. The number of rotatable bonds is 4. The quantitative estimate of drug-likeness (QED) is 0.334. The van der Waals surface area contributed by atoms with Crippen molar-refractivity contribution in [3.63, 3.8) is 0 Å². The molecule has 4 aromatic carbocycles. The van der Waals surface area contributed by atoms with Gasteiger partial charge in [-0.25, -0.2) is 4.67 Å². The zero-order valence-electron chi connectivity index (χ0n) is 18.9. The lowest BCUT2D eigenvalue weighted by Gasteiger charge is -2.32. The van der Waals surface area contributed by atoms with Crippen LogP contribution in [0.1, 0.15) is 36.8 Å². The Morgan fingerprint density at radius 2 is 1.33 bits per heavy atom. The van der Waals surface area contributed by atoms with E-state index >= 15 is 0 Å². The molecule has 2 unspecified atom stereocenters. The van der Waals surface area contributed by atoms with E-state index in [4.69, 9.17) is 5.50 Å². The van der Waals surface area contributed by atoms with E-state index in [-0.39, 0.29) is 5.66 Å². The number of nitrogens with zero attached hydrogens (tertiary/aromatic N) is 1. The van der Waals surface area contributed by atoms with Crippen molar-refractivity contribution < 1.29 is 4.57 Å². The maximum Gasteiger partial charge on any atom is 0.215 e. The molecule has 33 heavy (non-hydrogen) atoms. The summed E-state index contributed by atoms with van der Waals surface area (Å²) in [6, 6.07) is 30.3. The number of fused-ring (bicyclic) bond motifs is 3. The molecular formula is C29H31N2OP. The lowest BCUT2D eigenvalue weighted by molar-refractivity contribution is 0.205. The maximum absolute atomic E-state index is 14.4. The van der Waals surface area contributed by atoms with E-state index in [1.54, 1.807) is 0 Å². The van der Waals surface area contributed by atoms with E-state index in [0.29, 0.717) is 18.5 Å². The molecule has 168 valence electrons. The van der Waals surface area contributed by atoms with Crippen LogP contribution in [0.4, 0.5) is 0 Å². The topological polar surface area (TPSA) is 46.3 Å². The van der Waals surface area contributed by atoms with Crippen molar-refractivity contribution in [1.82, 2.24) is 4.67 Å². The zero-order chi connectivity index (χ0) is 22.4. The molecule has 2 N–H and O–H groups in total. The highest BCUT2D eigenvalue weighted by Gasteiger charge is 2.54. The molecule has 0 aromatic heterocycles. The summed E-state index contributed by atoms with van der Waals surface area (Å²) in [5, 5.41) is 4.98. The molecule has 0 amide bonds. The summed E-state index contributed by atoms with van der Waals surface area (Å²) in [6.45, 7) is 0.669. The number of nitrogens with two attached hydrogens (primary N) is 1. The van der Waals surface area contributed by atoms with E-state index in [1.165, 1.54) is 45.5 Å². The number of hydrogen-bond acceptors (Lipinski definition) is 1. The van der Waals surface area contributed by atoms with Gasteiger partial charge in [0.05, 0.1) is 0 Å². The van der Waals surface area contributed by atoms with Gasteiger partial charge in [0.15, 0.2) is 0 Å². The van der Waals surface area contributed by atoms with Crippen molar-refractivity contribution in [1.29, 1.82) is 0 Å². The molecule has 1 aliphatic heterocycles. The van der Waals surface area contributed by atoms with Gasteiger partial charge in [-0.15, -0.1) is 0 Å². The summed E-state index contributed by atoms with van der Waals surface area (Å²) >= 11 is 0. The Hall–Kier alpha value is -2.45. The minimum Gasteiger partial charge on any atom is -0.289 e. The van der Waals surface area contributed by atoms with E-state index < -0.39 is 7.44 Å². The van der Waals surface area contributed by atoms with Crippen LogP contribution in [0, 0.1) is 5.92 Å². The molecule has 0 bridgehead atoms. The summed E-state index contributed by atoms with van der Waals surface area (Å²) in [7, 11) is -3.02. The second kappa shape index (κ2) is 8.40. The molecule has 4 atom stereocenters. The second-order valence-electron chi connectivity index (χ2n) is 9.83. The van der Waals surface area contributed by atoms with Gasteiger partial charge < -0.3 is 0 Å². The Bertz CT molecular complexity index is 1250. The van der Waals surface area contributed by atoms with E-state index in [0.717, 1.165) is 19.3 Å². The standard InChI is InChI=1S/C29H31N2OP/c30-33(32)29(19-23-13-7-11-21-9-1-3-15-25(21)23)27-17-5-6-18-28(27)31(33)20-24-14-8-12-22-10-2-4-16-26(22)24/h1-4,7-16,27-29H,5-6,17-20H2,(H2,30,32)/t27-,28-,29?,33?/m0/s1. The van der Waals surface area contributed by atoms with Crippen LogP contribution in [0.15, 0.2) is 84.9 Å². The molecule has 0 radical (unpaired) electrons. The smallest absolute Gasteiger partial charge is 0.215 e. The predicted octanol–water partition coefficient (Wildman–Crippen LogP) is 7.13. The molecule has 4 aromatic rings.